The summed E-state index contributed by atoms with van der Waals surface area (Å²) in [4.78, 5) is 2.07. The molecule has 0 bridgehead atoms. The quantitative estimate of drug-likeness (QED) is 0.526. The maximum atomic E-state index is 11.9. The van der Waals surface area contributed by atoms with Crippen LogP contribution in [0.4, 0.5) is 0 Å². The molecular formula is C10H21N2O2S+. The van der Waals surface area contributed by atoms with Crippen molar-refractivity contribution < 1.29 is 13.0 Å². The van der Waals surface area contributed by atoms with Crippen LogP contribution in [-0.2, 0) is 9.84 Å². The highest BCUT2D eigenvalue weighted by molar-refractivity contribution is 7.96. The molecule has 0 saturated heterocycles. The Bertz CT molecular complexity index is 361. The van der Waals surface area contributed by atoms with Gasteiger partial charge in [0.2, 0.25) is 0 Å². The van der Waals surface area contributed by atoms with Gasteiger partial charge in [0.25, 0.3) is 0 Å². The summed E-state index contributed by atoms with van der Waals surface area (Å²) in [6.45, 7) is 3.37. The average Bonchev–Trinajstić information content (AvgIpc) is 2.00. The zero-order valence-electron chi connectivity index (χ0n) is 10.4. The first-order chi connectivity index (χ1) is 6.67. The molecule has 0 radical (unpaired) electrons. The van der Waals surface area contributed by atoms with Crippen molar-refractivity contribution in [2.75, 3.05) is 28.2 Å². The van der Waals surface area contributed by atoms with Crippen LogP contribution in [0.2, 0.25) is 0 Å². The van der Waals surface area contributed by atoms with Gasteiger partial charge in [-0.3, -0.25) is 0 Å². The van der Waals surface area contributed by atoms with Crippen molar-refractivity contribution in [3.8, 4) is 0 Å². The second-order valence-electron chi connectivity index (χ2n) is 4.18. The van der Waals surface area contributed by atoms with Crippen LogP contribution >= 0.6 is 0 Å². The summed E-state index contributed by atoms with van der Waals surface area (Å²) in [7, 11) is 4.01. The van der Waals surface area contributed by atoms with E-state index in [4.69, 9.17) is 0 Å². The van der Waals surface area contributed by atoms with E-state index in [1.807, 2.05) is 0 Å². The van der Waals surface area contributed by atoms with Crippen LogP contribution in [0.3, 0.4) is 0 Å². The Balaban J connectivity index is 5.43. The molecule has 0 spiro atoms. The lowest BCUT2D eigenvalue weighted by Crippen LogP contribution is -2.21. The second-order valence-corrected chi connectivity index (χ2v) is 6.69. The van der Waals surface area contributed by atoms with Crippen LogP contribution in [0.15, 0.2) is 11.1 Å². The third kappa shape index (κ3) is 4.46. The van der Waals surface area contributed by atoms with E-state index in [1.54, 1.807) is 63.9 Å². The number of hydrogen-bond acceptors (Lipinski definition) is 3. The molecule has 4 nitrogen and oxygen atoms in total. The van der Waals surface area contributed by atoms with Crippen LogP contribution in [0.5, 0.6) is 0 Å². The van der Waals surface area contributed by atoms with Crippen molar-refractivity contribution in [3.05, 3.63) is 11.1 Å². The molecule has 0 aliphatic heterocycles. The molecule has 0 fully saturated rings. The summed E-state index contributed by atoms with van der Waals surface area (Å²) >= 11 is 0. The molecule has 0 N–H and O–H groups in total. The van der Waals surface area contributed by atoms with Gasteiger partial charge in [-0.1, -0.05) is 0 Å². The molecule has 0 heterocycles. The Morgan fingerprint density at radius 1 is 1.27 bits per heavy atom. The Morgan fingerprint density at radius 2 is 1.73 bits per heavy atom. The van der Waals surface area contributed by atoms with E-state index in [0.29, 0.717) is 4.91 Å². The van der Waals surface area contributed by atoms with Crippen LogP contribution in [-0.4, -0.2) is 57.5 Å². The van der Waals surface area contributed by atoms with Crippen molar-refractivity contribution in [1.29, 1.82) is 0 Å². The lowest BCUT2D eigenvalue weighted by atomic mass is 10.6. The van der Waals surface area contributed by atoms with E-state index < -0.39 is 15.1 Å². The van der Waals surface area contributed by atoms with E-state index in [2.05, 4.69) is 0 Å². The number of rotatable bonds is 4. The number of allylic oxidation sites excluding steroid dienone is 1. The van der Waals surface area contributed by atoms with Gasteiger partial charge in [0.15, 0.2) is 16.1 Å². The summed E-state index contributed by atoms with van der Waals surface area (Å²) in [5.41, 5.74) is 0. The standard InChI is InChI=1S/C10H21N2O2S/c1-9(2)15(13,14)10(7-11(3)4)8-12(5)6/h7-9H,1-6H3/q+1. The Hall–Kier alpha value is -0.840. The predicted octanol–water partition coefficient (Wildman–Crippen LogP) is 0.556. The summed E-state index contributed by atoms with van der Waals surface area (Å²) in [6.07, 6.45) is 3.24. The lowest BCUT2D eigenvalue weighted by Gasteiger charge is -2.10. The smallest absolute Gasteiger partial charge is 0.187 e. The van der Waals surface area contributed by atoms with E-state index in [1.165, 1.54) is 0 Å². The fourth-order valence-electron chi connectivity index (χ4n) is 0.961. The van der Waals surface area contributed by atoms with Gasteiger partial charge in [-0.2, -0.15) is 0 Å². The Labute approximate surface area is 92.8 Å². The maximum absolute atomic E-state index is 11.9. The first-order valence-electron chi connectivity index (χ1n) is 4.81. The molecule has 88 valence electrons. The number of hydrogen-bond donors (Lipinski definition) is 0. The lowest BCUT2D eigenvalue weighted by molar-refractivity contribution is -0.458. The van der Waals surface area contributed by atoms with Crippen LogP contribution in [0, 0.1) is 0 Å². The summed E-state index contributed by atoms with van der Waals surface area (Å²) in [6, 6.07) is 0. The fourth-order valence-corrected chi connectivity index (χ4v) is 2.22. The molecule has 0 unspecified atom stereocenters. The molecule has 5 heteroatoms. The maximum Gasteiger partial charge on any atom is 0.187 e. The molecular weight excluding hydrogens is 212 g/mol. The molecule has 0 aliphatic rings. The third-order valence-electron chi connectivity index (χ3n) is 1.72. The molecule has 0 aliphatic carbocycles. The normalized spacial score (nSPS) is 12.9. The zero-order chi connectivity index (χ0) is 12.2. The minimum Gasteiger partial charge on any atom is -0.382 e. The van der Waals surface area contributed by atoms with Crippen molar-refractivity contribution >= 4 is 16.1 Å². The van der Waals surface area contributed by atoms with Crippen LogP contribution in [0.1, 0.15) is 13.8 Å². The average molecular weight is 233 g/mol. The van der Waals surface area contributed by atoms with Crippen LogP contribution in [0.25, 0.3) is 0 Å². The monoisotopic (exact) mass is 233 g/mol. The Kier molecular flexibility index (Phi) is 5.00. The minimum atomic E-state index is -3.21. The molecule has 0 aromatic heterocycles. The molecule has 0 aromatic rings. The van der Waals surface area contributed by atoms with Gasteiger partial charge in [0, 0.05) is 20.3 Å². The van der Waals surface area contributed by atoms with Gasteiger partial charge in [-0.25, -0.2) is 13.0 Å². The van der Waals surface area contributed by atoms with Gasteiger partial charge < -0.3 is 4.90 Å². The molecule has 0 aromatic carbocycles. The fraction of sp³-hybridized carbons (Fsp3) is 0.700. The zero-order valence-corrected chi connectivity index (χ0v) is 11.2. The van der Waals surface area contributed by atoms with Gasteiger partial charge >= 0.3 is 0 Å². The first kappa shape index (κ1) is 14.2. The molecule has 0 atom stereocenters. The van der Waals surface area contributed by atoms with Crippen molar-refractivity contribution in [2.45, 2.75) is 19.1 Å². The highest BCUT2D eigenvalue weighted by Crippen LogP contribution is 2.11. The summed E-state index contributed by atoms with van der Waals surface area (Å²) in [5.74, 6) is 0. The largest absolute Gasteiger partial charge is 0.382 e. The van der Waals surface area contributed by atoms with Gasteiger partial charge in [0.05, 0.1) is 5.25 Å². The Morgan fingerprint density at radius 3 is 2.00 bits per heavy atom. The van der Waals surface area contributed by atoms with E-state index in [9.17, 15) is 8.42 Å². The summed E-state index contributed by atoms with van der Waals surface area (Å²) in [5, 5.41) is -0.403. The van der Waals surface area contributed by atoms with Crippen LogP contribution < -0.4 is 0 Å². The number of sulfone groups is 1. The molecule has 0 saturated carbocycles. The SMILES string of the molecule is CC(C)S(=O)(=O)/C(C=[N+](C)C)=C\N(C)C. The predicted molar refractivity (Wildman–Crippen MR) is 64.0 cm³/mol. The third-order valence-corrected chi connectivity index (χ3v) is 3.83. The molecule has 15 heavy (non-hydrogen) atoms. The van der Waals surface area contributed by atoms with E-state index in [0.717, 1.165) is 0 Å². The topological polar surface area (TPSA) is 40.4 Å². The highest BCUT2D eigenvalue weighted by Gasteiger charge is 2.23. The van der Waals surface area contributed by atoms with Crippen molar-refractivity contribution in [1.82, 2.24) is 4.90 Å². The minimum absolute atomic E-state index is 0.340. The van der Waals surface area contributed by atoms with E-state index >= 15 is 0 Å². The first-order valence-corrected chi connectivity index (χ1v) is 6.36. The second kappa shape index (κ2) is 5.30. The van der Waals surface area contributed by atoms with Crippen molar-refractivity contribution in [2.24, 2.45) is 0 Å². The number of nitrogens with zero attached hydrogens (tertiary/aromatic N) is 2. The highest BCUT2D eigenvalue weighted by atomic mass is 32.2. The molecule has 0 rings (SSSR count). The van der Waals surface area contributed by atoms with Gasteiger partial charge in [-0.05, 0) is 13.8 Å². The van der Waals surface area contributed by atoms with Crippen molar-refractivity contribution in [3.63, 3.8) is 0 Å². The summed E-state index contributed by atoms with van der Waals surface area (Å²) < 4.78 is 25.6. The van der Waals surface area contributed by atoms with E-state index in [-0.39, 0.29) is 0 Å². The van der Waals surface area contributed by atoms with Gasteiger partial charge in [0.1, 0.15) is 19.0 Å². The molecule has 0 amide bonds. The van der Waals surface area contributed by atoms with Gasteiger partial charge in [-0.15, -0.1) is 0 Å².